The minimum absolute atomic E-state index is 0.564. The van der Waals surface area contributed by atoms with Crippen molar-refractivity contribution >= 4 is 21.8 Å². The number of pyridine rings is 1. The summed E-state index contributed by atoms with van der Waals surface area (Å²) in [6.45, 7) is 4.54. The maximum atomic E-state index is 6.16. The van der Waals surface area contributed by atoms with Crippen molar-refractivity contribution in [1.82, 2.24) is 9.97 Å². The van der Waals surface area contributed by atoms with Crippen LogP contribution in [0.25, 0.3) is 21.8 Å². The summed E-state index contributed by atoms with van der Waals surface area (Å²) < 4.78 is 17.3. The molecule has 0 bridgehead atoms. The van der Waals surface area contributed by atoms with Gasteiger partial charge in [-0.3, -0.25) is 4.98 Å². The molecule has 0 saturated heterocycles. The molecule has 0 spiro atoms. The monoisotopic (exact) mass is 348 g/mol. The van der Waals surface area contributed by atoms with Crippen molar-refractivity contribution in [2.75, 3.05) is 13.7 Å². The molecular formula is C21H20N2O3. The molecule has 2 heterocycles. The van der Waals surface area contributed by atoms with Gasteiger partial charge < -0.3 is 19.2 Å². The minimum Gasteiger partial charge on any atom is -0.493 e. The molecule has 1 N–H and O–H groups in total. The Morgan fingerprint density at radius 3 is 2.69 bits per heavy atom. The van der Waals surface area contributed by atoms with Gasteiger partial charge in [-0.25, -0.2) is 0 Å². The maximum absolute atomic E-state index is 6.16. The van der Waals surface area contributed by atoms with Crippen LogP contribution in [0.1, 0.15) is 12.6 Å². The van der Waals surface area contributed by atoms with Gasteiger partial charge in [0, 0.05) is 34.2 Å². The molecule has 4 aromatic rings. The molecule has 2 aromatic heterocycles. The van der Waals surface area contributed by atoms with Gasteiger partial charge in [0.2, 0.25) is 0 Å². The first kappa shape index (κ1) is 16.3. The number of rotatable bonds is 5. The lowest BCUT2D eigenvalue weighted by Crippen LogP contribution is -1.96. The van der Waals surface area contributed by atoms with Crippen LogP contribution < -0.4 is 14.2 Å². The van der Waals surface area contributed by atoms with Crippen LogP contribution in [-0.4, -0.2) is 23.7 Å². The van der Waals surface area contributed by atoms with Crippen molar-refractivity contribution in [3.8, 4) is 23.0 Å². The van der Waals surface area contributed by atoms with Gasteiger partial charge in [-0.1, -0.05) is 0 Å². The van der Waals surface area contributed by atoms with Crippen LogP contribution in [0, 0.1) is 6.92 Å². The van der Waals surface area contributed by atoms with E-state index < -0.39 is 0 Å². The van der Waals surface area contributed by atoms with E-state index in [0.29, 0.717) is 18.1 Å². The van der Waals surface area contributed by atoms with E-state index in [0.717, 1.165) is 39.0 Å². The average molecular weight is 348 g/mol. The largest absolute Gasteiger partial charge is 0.493 e. The molecule has 0 aliphatic heterocycles. The van der Waals surface area contributed by atoms with Gasteiger partial charge >= 0.3 is 0 Å². The van der Waals surface area contributed by atoms with Crippen molar-refractivity contribution in [3.05, 3.63) is 54.4 Å². The van der Waals surface area contributed by atoms with E-state index in [2.05, 4.69) is 16.0 Å². The fraction of sp³-hybridized carbons (Fsp3) is 0.190. The Kier molecular flexibility index (Phi) is 4.13. The van der Waals surface area contributed by atoms with E-state index in [1.54, 1.807) is 13.3 Å². The number of hydrogen-bond acceptors (Lipinski definition) is 4. The third kappa shape index (κ3) is 2.92. The zero-order valence-corrected chi connectivity index (χ0v) is 15.0. The maximum Gasteiger partial charge on any atom is 0.163 e. The van der Waals surface area contributed by atoms with Crippen LogP contribution in [0.2, 0.25) is 0 Å². The number of aromatic nitrogens is 2. The summed E-state index contributed by atoms with van der Waals surface area (Å²) in [6.07, 6.45) is 1.73. The third-order valence-corrected chi connectivity index (χ3v) is 4.24. The fourth-order valence-electron chi connectivity index (χ4n) is 3.09. The summed E-state index contributed by atoms with van der Waals surface area (Å²) in [5.74, 6) is 2.84. The van der Waals surface area contributed by atoms with Gasteiger partial charge in [-0.2, -0.15) is 0 Å². The Hall–Kier alpha value is -3.21. The second-order valence-corrected chi connectivity index (χ2v) is 6.07. The zero-order chi connectivity index (χ0) is 18.1. The van der Waals surface area contributed by atoms with Crippen LogP contribution in [0.3, 0.4) is 0 Å². The van der Waals surface area contributed by atoms with Crippen LogP contribution in [0.4, 0.5) is 0 Å². The number of methoxy groups -OCH3 is 1. The molecule has 5 nitrogen and oxygen atoms in total. The first-order valence-corrected chi connectivity index (χ1v) is 8.54. The number of aromatic amines is 1. The number of fused-ring (bicyclic) bond motifs is 2. The van der Waals surface area contributed by atoms with Crippen LogP contribution in [0.5, 0.6) is 23.0 Å². The number of nitrogens with one attached hydrogen (secondary N) is 1. The van der Waals surface area contributed by atoms with E-state index in [1.807, 2.05) is 50.2 Å². The quantitative estimate of drug-likeness (QED) is 0.537. The smallest absolute Gasteiger partial charge is 0.163 e. The SMILES string of the molecule is CCOc1cc2nccc(Oc3ccc4[nH]c(C)cc4c3)c2cc1OC. The lowest BCUT2D eigenvalue weighted by atomic mass is 10.1. The van der Waals surface area contributed by atoms with Gasteiger partial charge in [0.1, 0.15) is 11.5 Å². The lowest BCUT2D eigenvalue weighted by molar-refractivity contribution is 0.311. The predicted molar refractivity (Wildman–Crippen MR) is 103 cm³/mol. The molecule has 132 valence electrons. The van der Waals surface area contributed by atoms with E-state index in [9.17, 15) is 0 Å². The number of ether oxygens (including phenoxy) is 3. The number of H-pyrrole nitrogens is 1. The molecule has 0 aliphatic carbocycles. The summed E-state index contributed by atoms with van der Waals surface area (Å²) >= 11 is 0. The van der Waals surface area contributed by atoms with E-state index in [4.69, 9.17) is 14.2 Å². The van der Waals surface area contributed by atoms with Crippen LogP contribution in [-0.2, 0) is 0 Å². The predicted octanol–water partition coefficient (Wildman–Crippen LogP) is 5.22. The molecule has 0 radical (unpaired) electrons. The van der Waals surface area contributed by atoms with Crippen molar-refractivity contribution < 1.29 is 14.2 Å². The highest BCUT2D eigenvalue weighted by Gasteiger charge is 2.12. The fourth-order valence-corrected chi connectivity index (χ4v) is 3.09. The average Bonchev–Trinajstić information content (AvgIpc) is 3.01. The van der Waals surface area contributed by atoms with Gasteiger partial charge in [0.25, 0.3) is 0 Å². The zero-order valence-electron chi connectivity index (χ0n) is 15.0. The van der Waals surface area contributed by atoms with E-state index in [1.165, 1.54) is 0 Å². The highest BCUT2D eigenvalue weighted by atomic mass is 16.5. The Morgan fingerprint density at radius 1 is 1.00 bits per heavy atom. The molecule has 0 aliphatic rings. The first-order chi connectivity index (χ1) is 12.7. The molecule has 5 heteroatoms. The molecule has 0 unspecified atom stereocenters. The summed E-state index contributed by atoms with van der Waals surface area (Å²) in [6, 6.07) is 13.7. The molecule has 4 rings (SSSR count). The molecule has 2 aromatic carbocycles. The topological polar surface area (TPSA) is 56.4 Å². The van der Waals surface area contributed by atoms with Crippen molar-refractivity contribution in [1.29, 1.82) is 0 Å². The Morgan fingerprint density at radius 2 is 1.88 bits per heavy atom. The van der Waals surface area contributed by atoms with Crippen molar-refractivity contribution in [3.63, 3.8) is 0 Å². The third-order valence-electron chi connectivity index (χ3n) is 4.24. The number of benzene rings is 2. The van der Waals surface area contributed by atoms with E-state index in [-0.39, 0.29) is 0 Å². The summed E-state index contributed by atoms with van der Waals surface area (Å²) in [5.41, 5.74) is 3.02. The summed E-state index contributed by atoms with van der Waals surface area (Å²) in [5, 5.41) is 1.99. The van der Waals surface area contributed by atoms with Crippen molar-refractivity contribution in [2.24, 2.45) is 0 Å². The Bertz CT molecular complexity index is 1090. The molecule has 0 fully saturated rings. The molecule has 0 amide bonds. The lowest BCUT2D eigenvalue weighted by Gasteiger charge is -2.13. The van der Waals surface area contributed by atoms with Crippen molar-refractivity contribution in [2.45, 2.75) is 13.8 Å². The van der Waals surface area contributed by atoms with Gasteiger partial charge in [-0.05, 0) is 50.2 Å². The van der Waals surface area contributed by atoms with Gasteiger partial charge in [0.15, 0.2) is 11.5 Å². The Labute approximate surface area is 151 Å². The molecular weight excluding hydrogens is 328 g/mol. The molecule has 0 saturated carbocycles. The number of nitrogens with zero attached hydrogens (tertiary/aromatic N) is 1. The van der Waals surface area contributed by atoms with Crippen LogP contribution in [0.15, 0.2) is 48.7 Å². The number of hydrogen-bond donors (Lipinski definition) is 1. The first-order valence-electron chi connectivity index (χ1n) is 8.54. The normalized spacial score (nSPS) is 11.0. The minimum atomic E-state index is 0.564. The van der Waals surface area contributed by atoms with Gasteiger partial charge in [-0.15, -0.1) is 0 Å². The Balaban J connectivity index is 1.77. The highest BCUT2D eigenvalue weighted by molar-refractivity contribution is 5.88. The summed E-state index contributed by atoms with van der Waals surface area (Å²) in [4.78, 5) is 7.75. The second kappa shape index (κ2) is 6.59. The van der Waals surface area contributed by atoms with Crippen LogP contribution >= 0.6 is 0 Å². The van der Waals surface area contributed by atoms with E-state index >= 15 is 0 Å². The molecule has 0 atom stereocenters. The molecule has 26 heavy (non-hydrogen) atoms. The number of aryl methyl sites for hydroxylation is 1. The summed E-state index contributed by atoms with van der Waals surface area (Å²) in [7, 11) is 1.63. The second-order valence-electron chi connectivity index (χ2n) is 6.07. The van der Waals surface area contributed by atoms with Gasteiger partial charge in [0.05, 0.1) is 19.2 Å². The standard InChI is InChI=1S/C21H20N2O3/c1-4-25-21-12-18-16(11-20(21)24-3)19(7-8-22-18)26-15-5-6-17-14(10-15)9-13(2)23-17/h5-12,23H,4H2,1-3H3. The highest BCUT2D eigenvalue weighted by Crippen LogP contribution is 2.37.